The minimum Gasteiger partial charge on any atom is -0.550 e. The zero-order chi connectivity index (χ0) is 19.4. The summed E-state index contributed by atoms with van der Waals surface area (Å²) in [5, 5.41) is 9.54. The molecule has 0 radical (unpaired) electrons. The van der Waals surface area contributed by atoms with Gasteiger partial charge in [-0.2, -0.15) is 0 Å². The first-order chi connectivity index (χ1) is 12.0. The van der Waals surface area contributed by atoms with Crippen molar-refractivity contribution in [1.29, 1.82) is 0 Å². The molecule has 25 heavy (non-hydrogen) atoms. The van der Waals surface area contributed by atoms with Gasteiger partial charge in [0, 0.05) is 6.61 Å². The summed E-state index contributed by atoms with van der Waals surface area (Å²) in [7, 11) is 0. The monoisotopic (exact) mass is 359 g/mol. The van der Waals surface area contributed by atoms with E-state index in [2.05, 4.69) is 32.4 Å². The number of carbonyl (C=O) groups is 1. The van der Waals surface area contributed by atoms with E-state index in [4.69, 9.17) is 0 Å². The standard InChI is InChI=1S/C16H36N.C5H10O3/c1-5-9-13-17(14-10-6-2,15-11-7-3)16-12-8-4;1-2-3-4-8-5(6)7/h5-16H2,1-4H3;2-4H2,1H3,(H,6,7)/q+1;/p-1. The van der Waals surface area contributed by atoms with Gasteiger partial charge < -0.3 is 19.1 Å². The maximum absolute atomic E-state index is 9.54. The molecular weight excluding hydrogens is 314 g/mol. The molecule has 152 valence electrons. The first kappa shape index (κ1) is 26.5. The molecule has 0 fully saturated rings. The molecule has 0 bridgehead atoms. The molecule has 0 saturated heterocycles. The van der Waals surface area contributed by atoms with Crippen molar-refractivity contribution < 1.29 is 19.1 Å². The Morgan fingerprint density at radius 3 is 1.24 bits per heavy atom. The molecule has 0 spiro atoms. The Morgan fingerprint density at radius 1 is 0.680 bits per heavy atom. The molecule has 0 aliphatic rings. The van der Waals surface area contributed by atoms with E-state index in [1.807, 2.05) is 6.92 Å². The van der Waals surface area contributed by atoms with Crippen LogP contribution in [-0.2, 0) is 4.74 Å². The molecule has 0 unspecified atom stereocenters. The van der Waals surface area contributed by atoms with E-state index in [9.17, 15) is 9.90 Å². The lowest BCUT2D eigenvalue weighted by molar-refractivity contribution is -0.929. The average Bonchev–Trinajstić information content (AvgIpc) is 2.61. The molecule has 0 aliphatic heterocycles. The van der Waals surface area contributed by atoms with Gasteiger partial charge in [-0.15, -0.1) is 0 Å². The van der Waals surface area contributed by atoms with E-state index in [0.717, 1.165) is 12.8 Å². The number of nitrogens with zero attached hydrogens (tertiary/aromatic N) is 1. The fraction of sp³-hybridized carbons (Fsp3) is 0.952. The maximum Gasteiger partial charge on any atom is 0.251 e. The second-order valence-electron chi connectivity index (χ2n) is 7.10. The van der Waals surface area contributed by atoms with Crippen LogP contribution in [0.25, 0.3) is 0 Å². The van der Waals surface area contributed by atoms with E-state index >= 15 is 0 Å². The van der Waals surface area contributed by atoms with Gasteiger partial charge in [0.25, 0.3) is 6.16 Å². The number of hydrogen-bond donors (Lipinski definition) is 0. The summed E-state index contributed by atoms with van der Waals surface area (Å²) >= 11 is 0. The van der Waals surface area contributed by atoms with Crippen LogP contribution < -0.4 is 5.11 Å². The first-order valence-electron chi connectivity index (χ1n) is 10.7. The summed E-state index contributed by atoms with van der Waals surface area (Å²) in [6.07, 6.45) is 11.3. The van der Waals surface area contributed by atoms with Gasteiger partial charge >= 0.3 is 0 Å². The number of quaternary nitrogens is 1. The molecule has 4 nitrogen and oxygen atoms in total. The Morgan fingerprint density at radius 2 is 1.00 bits per heavy atom. The van der Waals surface area contributed by atoms with E-state index in [-0.39, 0.29) is 6.61 Å². The molecule has 0 saturated carbocycles. The van der Waals surface area contributed by atoms with Gasteiger partial charge in [-0.1, -0.05) is 66.7 Å². The molecule has 4 heteroatoms. The van der Waals surface area contributed by atoms with Crippen molar-refractivity contribution in [3.05, 3.63) is 0 Å². The fourth-order valence-electron chi connectivity index (χ4n) is 2.94. The van der Waals surface area contributed by atoms with Crippen LogP contribution in [0, 0.1) is 0 Å². The lowest BCUT2D eigenvalue weighted by atomic mass is 10.1. The molecule has 0 heterocycles. The molecule has 0 aromatic carbocycles. The van der Waals surface area contributed by atoms with Crippen LogP contribution in [0.2, 0.25) is 0 Å². The first-order valence-corrected chi connectivity index (χ1v) is 10.7. The third-order valence-corrected chi connectivity index (χ3v) is 4.66. The molecule has 0 N–H and O–H groups in total. The quantitative estimate of drug-likeness (QED) is 0.231. The van der Waals surface area contributed by atoms with Crippen LogP contribution in [0.1, 0.15) is 98.8 Å². The highest BCUT2D eigenvalue weighted by Crippen LogP contribution is 2.16. The van der Waals surface area contributed by atoms with Crippen molar-refractivity contribution >= 4 is 6.16 Å². The van der Waals surface area contributed by atoms with Crippen molar-refractivity contribution in [2.24, 2.45) is 0 Å². The Kier molecular flexibility index (Phi) is 20.7. The predicted octanol–water partition coefficient (Wildman–Crippen LogP) is 5.15. The largest absolute Gasteiger partial charge is 0.550 e. The van der Waals surface area contributed by atoms with E-state index in [0.29, 0.717) is 0 Å². The Bertz CT molecular complexity index is 245. The summed E-state index contributed by atoms with van der Waals surface area (Å²) in [5.41, 5.74) is 0. The highest BCUT2D eigenvalue weighted by Gasteiger charge is 2.24. The summed E-state index contributed by atoms with van der Waals surface area (Å²) in [6, 6.07) is 0. The molecule has 0 amide bonds. The summed E-state index contributed by atoms with van der Waals surface area (Å²) in [5.74, 6) is 0. The smallest absolute Gasteiger partial charge is 0.251 e. The minimum absolute atomic E-state index is 0.263. The Labute approximate surface area is 157 Å². The van der Waals surface area contributed by atoms with Crippen molar-refractivity contribution in [1.82, 2.24) is 0 Å². The number of rotatable bonds is 15. The number of unbranched alkanes of at least 4 members (excludes halogenated alkanes) is 5. The number of carboxylic acid groups (broad SMARTS) is 1. The van der Waals surface area contributed by atoms with Crippen LogP contribution in [0.5, 0.6) is 0 Å². The SMILES string of the molecule is CCCCOC(=O)[O-].CCCC[N+](CCCC)(CCCC)CCCC. The predicted molar refractivity (Wildman–Crippen MR) is 106 cm³/mol. The Hall–Kier alpha value is -0.770. The minimum atomic E-state index is -1.43. The molecule has 0 rings (SSSR count). The molecule has 0 aromatic rings. The van der Waals surface area contributed by atoms with Crippen molar-refractivity contribution in [3.63, 3.8) is 0 Å². The number of carbonyl (C=O) groups excluding carboxylic acids is 1. The molecular formula is C21H45NO3. The second kappa shape index (κ2) is 19.6. The van der Waals surface area contributed by atoms with Gasteiger partial charge in [0.15, 0.2) is 0 Å². The average molecular weight is 360 g/mol. The highest BCUT2D eigenvalue weighted by atomic mass is 16.7. The van der Waals surface area contributed by atoms with Gasteiger partial charge in [0.05, 0.1) is 26.2 Å². The lowest BCUT2D eigenvalue weighted by Crippen LogP contribution is -2.50. The van der Waals surface area contributed by atoms with Gasteiger partial charge in [0.2, 0.25) is 0 Å². The summed E-state index contributed by atoms with van der Waals surface area (Å²) in [4.78, 5) is 9.54. The Balaban J connectivity index is 0. The van der Waals surface area contributed by atoms with Gasteiger partial charge in [-0.3, -0.25) is 0 Å². The van der Waals surface area contributed by atoms with Crippen molar-refractivity contribution in [3.8, 4) is 0 Å². The lowest BCUT2D eigenvalue weighted by Gasteiger charge is -2.39. The number of ether oxygens (including phenoxy) is 1. The fourth-order valence-corrected chi connectivity index (χ4v) is 2.94. The van der Waals surface area contributed by atoms with Crippen LogP contribution in [0.3, 0.4) is 0 Å². The topological polar surface area (TPSA) is 49.4 Å². The normalized spacial score (nSPS) is 10.9. The molecule has 0 atom stereocenters. The maximum atomic E-state index is 9.54. The molecule has 0 aliphatic carbocycles. The van der Waals surface area contributed by atoms with Crippen LogP contribution >= 0.6 is 0 Å². The van der Waals surface area contributed by atoms with Crippen LogP contribution in [0.4, 0.5) is 4.79 Å². The highest BCUT2D eigenvalue weighted by molar-refractivity contribution is 5.53. The van der Waals surface area contributed by atoms with Crippen LogP contribution in [0.15, 0.2) is 0 Å². The van der Waals surface area contributed by atoms with E-state index < -0.39 is 6.16 Å². The van der Waals surface area contributed by atoms with Gasteiger partial charge in [-0.05, 0) is 32.1 Å². The zero-order valence-electron chi connectivity index (χ0n) is 17.8. The summed E-state index contributed by atoms with van der Waals surface area (Å²) < 4.78 is 5.51. The third-order valence-electron chi connectivity index (χ3n) is 4.66. The third kappa shape index (κ3) is 17.8. The zero-order valence-corrected chi connectivity index (χ0v) is 17.8. The number of hydrogen-bond acceptors (Lipinski definition) is 3. The van der Waals surface area contributed by atoms with Crippen molar-refractivity contribution in [2.45, 2.75) is 98.8 Å². The second-order valence-corrected chi connectivity index (χ2v) is 7.10. The van der Waals surface area contributed by atoms with Gasteiger partial charge in [0.1, 0.15) is 0 Å². The van der Waals surface area contributed by atoms with Crippen molar-refractivity contribution in [2.75, 3.05) is 32.8 Å². The van der Waals surface area contributed by atoms with E-state index in [1.165, 1.54) is 82.0 Å². The molecule has 0 aromatic heterocycles. The van der Waals surface area contributed by atoms with Crippen LogP contribution in [-0.4, -0.2) is 43.4 Å². The van der Waals surface area contributed by atoms with E-state index in [1.54, 1.807) is 0 Å². The summed E-state index contributed by atoms with van der Waals surface area (Å²) in [6.45, 7) is 17.2. The van der Waals surface area contributed by atoms with Gasteiger partial charge in [-0.25, -0.2) is 0 Å².